The van der Waals surface area contributed by atoms with Gasteiger partial charge in [-0.15, -0.1) is 0 Å². The second-order valence-electron chi connectivity index (χ2n) is 3.87. The van der Waals surface area contributed by atoms with Crippen molar-refractivity contribution in [3.8, 4) is 0 Å². The van der Waals surface area contributed by atoms with Crippen LogP contribution >= 0.6 is 31.9 Å². The van der Waals surface area contributed by atoms with Gasteiger partial charge in [0, 0.05) is 21.9 Å². The quantitative estimate of drug-likeness (QED) is 0.737. The first-order valence-electron chi connectivity index (χ1n) is 5.05. The van der Waals surface area contributed by atoms with Gasteiger partial charge in [0.15, 0.2) is 0 Å². The Bertz CT molecular complexity index is 648. The van der Waals surface area contributed by atoms with Crippen molar-refractivity contribution in [2.75, 3.05) is 0 Å². The lowest BCUT2D eigenvalue weighted by Crippen LogP contribution is -2.21. The standard InChI is InChI=1S/C11H8Br2N2O/c12-6-4-7-10(8(13)5-6)14-9-2-1-3-15(9)11(7)16/h4-5H,1-3H2. The third kappa shape index (κ3) is 1.45. The molecule has 0 bridgehead atoms. The highest BCUT2D eigenvalue weighted by Gasteiger charge is 2.17. The largest absolute Gasteiger partial charge is 0.296 e. The molecular formula is C11H8Br2N2O. The van der Waals surface area contributed by atoms with E-state index in [0.29, 0.717) is 5.39 Å². The molecule has 0 saturated carbocycles. The van der Waals surface area contributed by atoms with Crippen LogP contribution < -0.4 is 5.56 Å². The van der Waals surface area contributed by atoms with Gasteiger partial charge in [0.25, 0.3) is 5.56 Å². The summed E-state index contributed by atoms with van der Waals surface area (Å²) >= 11 is 6.84. The summed E-state index contributed by atoms with van der Waals surface area (Å²) in [6.45, 7) is 0.793. The number of benzene rings is 1. The maximum Gasteiger partial charge on any atom is 0.261 e. The van der Waals surface area contributed by atoms with Crippen LogP contribution in [0.1, 0.15) is 12.2 Å². The molecule has 0 atom stereocenters. The van der Waals surface area contributed by atoms with Crippen LogP contribution in [0.4, 0.5) is 0 Å². The zero-order valence-corrected chi connectivity index (χ0v) is 11.5. The molecule has 3 nitrogen and oxygen atoms in total. The van der Waals surface area contributed by atoms with Crippen LogP contribution in [-0.4, -0.2) is 9.55 Å². The Kier molecular flexibility index (Phi) is 2.40. The highest BCUT2D eigenvalue weighted by atomic mass is 79.9. The van der Waals surface area contributed by atoms with E-state index in [1.165, 1.54) is 0 Å². The van der Waals surface area contributed by atoms with Gasteiger partial charge < -0.3 is 0 Å². The van der Waals surface area contributed by atoms with Crippen LogP contribution in [0, 0.1) is 0 Å². The lowest BCUT2D eigenvalue weighted by Gasteiger charge is -2.06. The molecule has 16 heavy (non-hydrogen) atoms. The number of hydrogen-bond donors (Lipinski definition) is 0. The van der Waals surface area contributed by atoms with Crippen LogP contribution in [0.15, 0.2) is 25.9 Å². The zero-order chi connectivity index (χ0) is 11.3. The molecule has 1 aromatic heterocycles. The zero-order valence-electron chi connectivity index (χ0n) is 8.33. The van der Waals surface area contributed by atoms with Gasteiger partial charge in [-0.3, -0.25) is 9.36 Å². The second-order valence-corrected chi connectivity index (χ2v) is 5.64. The molecule has 0 aliphatic carbocycles. The van der Waals surface area contributed by atoms with Crippen molar-refractivity contribution in [3.63, 3.8) is 0 Å². The van der Waals surface area contributed by atoms with E-state index in [2.05, 4.69) is 36.8 Å². The molecule has 2 aromatic rings. The minimum Gasteiger partial charge on any atom is -0.296 e. The Labute approximate surface area is 109 Å². The monoisotopic (exact) mass is 342 g/mol. The summed E-state index contributed by atoms with van der Waals surface area (Å²) < 4.78 is 3.54. The number of fused-ring (bicyclic) bond motifs is 2. The average molecular weight is 344 g/mol. The van der Waals surface area contributed by atoms with E-state index in [1.807, 2.05) is 12.1 Å². The molecule has 2 heterocycles. The summed E-state index contributed by atoms with van der Waals surface area (Å²) in [6, 6.07) is 3.75. The smallest absolute Gasteiger partial charge is 0.261 e. The Hall–Kier alpha value is -0.680. The minimum absolute atomic E-state index is 0.0690. The molecular weight excluding hydrogens is 336 g/mol. The van der Waals surface area contributed by atoms with Crippen molar-refractivity contribution >= 4 is 42.8 Å². The third-order valence-electron chi connectivity index (χ3n) is 2.84. The summed E-state index contributed by atoms with van der Waals surface area (Å²) in [5.74, 6) is 0.903. The molecule has 82 valence electrons. The fourth-order valence-corrected chi connectivity index (χ4v) is 3.43. The van der Waals surface area contributed by atoms with Crippen molar-refractivity contribution in [3.05, 3.63) is 37.3 Å². The van der Waals surface area contributed by atoms with Crippen LogP contribution in [0.5, 0.6) is 0 Å². The van der Waals surface area contributed by atoms with E-state index >= 15 is 0 Å². The van der Waals surface area contributed by atoms with Gasteiger partial charge in [-0.25, -0.2) is 4.98 Å². The van der Waals surface area contributed by atoms with E-state index in [1.54, 1.807) is 4.57 Å². The van der Waals surface area contributed by atoms with Crippen molar-refractivity contribution in [1.29, 1.82) is 0 Å². The first-order chi connectivity index (χ1) is 7.66. The van der Waals surface area contributed by atoms with E-state index < -0.39 is 0 Å². The molecule has 1 aliphatic heterocycles. The molecule has 0 fully saturated rings. The molecule has 0 saturated heterocycles. The number of aromatic nitrogens is 2. The predicted molar refractivity (Wildman–Crippen MR) is 69.7 cm³/mol. The maximum absolute atomic E-state index is 12.2. The molecule has 0 radical (unpaired) electrons. The van der Waals surface area contributed by atoms with Gasteiger partial charge in [-0.1, -0.05) is 15.9 Å². The van der Waals surface area contributed by atoms with E-state index in [0.717, 1.165) is 39.7 Å². The van der Waals surface area contributed by atoms with Crippen molar-refractivity contribution < 1.29 is 0 Å². The van der Waals surface area contributed by atoms with Gasteiger partial charge in [0.05, 0.1) is 10.9 Å². The molecule has 1 aromatic carbocycles. The Balaban J connectivity index is 2.51. The van der Waals surface area contributed by atoms with Gasteiger partial charge >= 0.3 is 0 Å². The summed E-state index contributed by atoms with van der Waals surface area (Å²) in [4.78, 5) is 16.8. The van der Waals surface area contributed by atoms with Crippen LogP contribution in [0.25, 0.3) is 10.9 Å². The topological polar surface area (TPSA) is 34.9 Å². The summed E-state index contributed by atoms with van der Waals surface area (Å²) in [6.07, 6.45) is 1.91. The molecule has 0 amide bonds. The lowest BCUT2D eigenvalue weighted by atomic mass is 10.2. The molecule has 0 unspecified atom stereocenters. The average Bonchev–Trinajstić information content (AvgIpc) is 2.68. The number of nitrogens with zero attached hydrogens (tertiary/aromatic N) is 2. The first-order valence-corrected chi connectivity index (χ1v) is 6.64. The fraction of sp³-hybridized carbons (Fsp3) is 0.273. The number of halogens is 2. The van der Waals surface area contributed by atoms with Crippen LogP contribution in [0.2, 0.25) is 0 Å². The van der Waals surface area contributed by atoms with Gasteiger partial charge in [-0.2, -0.15) is 0 Å². The number of rotatable bonds is 0. The molecule has 3 rings (SSSR count). The van der Waals surface area contributed by atoms with E-state index in [-0.39, 0.29) is 5.56 Å². The SMILES string of the molecule is O=c1c2cc(Br)cc(Br)c2nc2n1CCC2. The van der Waals surface area contributed by atoms with Crippen molar-refractivity contribution in [2.24, 2.45) is 0 Å². The lowest BCUT2D eigenvalue weighted by molar-refractivity contribution is 0.719. The van der Waals surface area contributed by atoms with Crippen molar-refractivity contribution in [1.82, 2.24) is 9.55 Å². The predicted octanol–water partition coefficient (Wildman–Crippen LogP) is 2.87. The molecule has 0 N–H and O–H groups in total. The summed E-state index contributed by atoms with van der Waals surface area (Å²) in [5.41, 5.74) is 0.834. The Morgan fingerprint density at radius 1 is 1.31 bits per heavy atom. The Morgan fingerprint density at radius 3 is 2.94 bits per heavy atom. The Morgan fingerprint density at radius 2 is 2.12 bits per heavy atom. The summed E-state index contributed by atoms with van der Waals surface area (Å²) in [5, 5.41) is 0.673. The van der Waals surface area contributed by atoms with E-state index in [4.69, 9.17) is 0 Å². The highest BCUT2D eigenvalue weighted by Crippen LogP contribution is 2.26. The van der Waals surface area contributed by atoms with Gasteiger partial charge in [0.2, 0.25) is 0 Å². The fourth-order valence-electron chi connectivity index (χ4n) is 2.11. The minimum atomic E-state index is 0.0690. The van der Waals surface area contributed by atoms with Crippen molar-refractivity contribution in [2.45, 2.75) is 19.4 Å². The summed E-state index contributed by atoms with van der Waals surface area (Å²) in [7, 11) is 0. The van der Waals surface area contributed by atoms with E-state index in [9.17, 15) is 4.79 Å². The van der Waals surface area contributed by atoms with Gasteiger partial charge in [0.1, 0.15) is 5.82 Å². The maximum atomic E-state index is 12.2. The number of hydrogen-bond acceptors (Lipinski definition) is 2. The van der Waals surface area contributed by atoms with Crippen LogP contribution in [0.3, 0.4) is 0 Å². The number of aryl methyl sites for hydroxylation is 1. The first kappa shape index (κ1) is 10.5. The molecule has 5 heteroatoms. The third-order valence-corrected chi connectivity index (χ3v) is 3.90. The highest BCUT2D eigenvalue weighted by molar-refractivity contribution is 9.11. The van der Waals surface area contributed by atoms with Crippen LogP contribution in [-0.2, 0) is 13.0 Å². The molecule has 0 spiro atoms. The molecule has 1 aliphatic rings. The van der Waals surface area contributed by atoms with Gasteiger partial charge in [-0.05, 0) is 34.5 Å². The normalized spacial score (nSPS) is 14.4. The second kappa shape index (κ2) is 3.67.